The van der Waals surface area contributed by atoms with Crippen LogP contribution in [0.5, 0.6) is 0 Å². The Kier molecular flexibility index (Phi) is 3.93. The molecule has 88 valence electrons. The topological polar surface area (TPSA) is 69.8 Å². The first-order valence-electron chi connectivity index (χ1n) is 5.84. The first-order chi connectivity index (χ1) is 7.84. The van der Waals surface area contributed by atoms with Crippen LogP contribution in [0, 0.1) is 5.92 Å². The minimum Gasteiger partial charge on any atom is -0.331 e. The highest BCUT2D eigenvalue weighted by Gasteiger charge is 2.14. The molecular weight excluding hydrogens is 204 g/mol. The summed E-state index contributed by atoms with van der Waals surface area (Å²) in [7, 11) is 0. The van der Waals surface area contributed by atoms with E-state index in [2.05, 4.69) is 20.6 Å². The number of nitrogens with zero attached hydrogens (tertiary/aromatic N) is 1. The third-order valence-corrected chi connectivity index (χ3v) is 2.99. The van der Waals surface area contributed by atoms with E-state index in [4.69, 9.17) is 0 Å². The first-order valence-corrected chi connectivity index (χ1v) is 5.84. The zero-order valence-electron chi connectivity index (χ0n) is 9.33. The predicted octanol–water partition coefficient (Wildman–Crippen LogP) is 1.13. The largest absolute Gasteiger partial charge is 0.331 e. The molecular formula is C11H18N4O. The molecule has 3 N–H and O–H groups in total. The SMILES string of the molecule is O=C(CCC1CCNCC1)Nc1ncc[nH]1. The number of imidazole rings is 1. The van der Waals surface area contributed by atoms with Crippen molar-refractivity contribution in [1.29, 1.82) is 0 Å². The van der Waals surface area contributed by atoms with E-state index < -0.39 is 0 Å². The van der Waals surface area contributed by atoms with Gasteiger partial charge in [0.15, 0.2) is 0 Å². The third kappa shape index (κ3) is 3.34. The molecule has 1 aliphatic rings. The van der Waals surface area contributed by atoms with Crippen molar-refractivity contribution in [1.82, 2.24) is 15.3 Å². The number of rotatable bonds is 4. The fraction of sp³-hybridized carbons (Fsp3) is 0.636. The molecule has 1 amide bonds. The number of piperidine rings is 1. The van der Waals surface area contributed by atoms with Gasteiger partial charge in [0.1, 0.15) is 0 Å². The van der Waals surface area contributed by atoms with Gasteiger partial charge in [-0.3, -0.25) is 10.1 Å². The summed E-state index contributed by atoms with van der Waals surface area (Å²) in [6, 6.07) is 0. The lowest BCUT2D eigenvalue weighted by Gasteiger charge is -2.21. The Hall–Kier alpha value is -1.36. The van der Waals surface area contributed by atoms with Gasteiger partial charge in [-0.1, -0.05) is 0 Å². The zero-order valence-corrected chi connectivity index (χ0v) is 9.33. The maximum atomic E-state index is 11.6. The van der Waals surface area contributed by atoms with Gasteiger partial charge in [0.05, 0.1) is 0 Å². The first kappa shape index (κ1) is 11.1. The van der Waals surface area contributed by atoms with E-state index in [1.54, 1.807) is 12.4 Å². The molecule has 0 atom stereocenters. The number of carbonyl (C=O) groups excluding carboxylic acids is 1. The smallest absolute Gasteiger partial charge is 0.226 e. The number of hydrogen-bond acceptors (Lipinski definition) is 3. The molecule has 2 heterocycles. The minimum absolute atomic E-state index is 0.0495. The van der Waals surface area contributed by atoms with E-state index in [9.17, 15) is 4.79 Å². The summed E-state index contributed by atoms with van der Waals surface area (Å²) < 4.78 is 0. The Morgan fingerprint density at radius 3 is 3.00 bits per heavy atom. The van der Waals surface area contributed by atoms with Crippen LogP contribution in [0.2, 0.25) is 0 Å². The van der Waals surface area contributed by atoms with Gasteiger partial charge in [0.2, 0.25) is 11.9 Å². The highest BCUT2D eigenvalue weighted by Crippen LogP contribution is 2.17. The van der Waals surface area contributed by atoms with E-state index >= 15 is 0 Å². The van der Waals surface area contributed by atoms with Crippen molar-refractivity contribution in [3.63, 3.8) is 0 Å². The summed E-state index contributed by atoms with van der Waals surface area (Å²) in [5, 5.41) is 6.06. The quantitative estimate of drug-likeness (QED) is 0.715. The van der Waals surface area contributed by atoms with Crippen molar-refractivity contribution in [2.24, 2.45) is 5.92 Å². The van der Waals surface area contributed by atoms with Gasteiger partial charge >= 0.3 is 0 Å². The molecule has 5 nitrogen and oxygen atoms in total. The number of hydrogen-bond donors (Lipinski definition) is 3. The van der Waals surface area contributed by atoms with Crippen LogP contribution >= 0.6 is 0 Å². The summed E-state index contributed by atoms with van der Waals surface area (Å²) in [6.07, 6.45) is 7.27. The molecule has 1 saturated heterocycles. The van der Waals surface area contributed by atoms with E-state index in [0.29, 0.717) is 18.3 Å². The molecule has 0 spiro atoms. The van der Waals surface area contributed by atoms with E-state index in [1.807, 2.05) is 0 Å². The second-order valence-electron chi connectivity index (χ2n) is 4.22. The Bertz CT molecular complexity index is 317. The van der Waals surface area contributed by atoms with Crippen molar-refractivity contribution >= 4 is 11.9 Å². The van der Waals surface area contributed by atoms with E-state index in [-0.39, 0.29) is 5.91 Å². The monoisotopic (exact) mass is 222 g/mol. The van der Waals surface area contributed by atoms with E-state index in [1.165, 1.54) is 12.8 Å². The number of aromatic nitrogens is 2. The van der Waals surface area contributed by atoms with Crippen LogP contribution in [0.25, 0.3) is 0 Å². The molecule has 0 saturated carbocycles. The summed E-state index contributed by atoms with van der Waals surface area (Å²) >= 11 is 0. The third-order valence-electron chi connectivity index (χ3n) is 2.99. The zero-order chi connectivity index (χ0) is 11.2. The van der Waals surface area contributed by atoms with Gasteiger partial charge in [-0.15, -0.1) is 0 Å². The molecule has 1 aliphatic heterocycles. The molecule has 1 fully saturated rings. The minimum atomic E-state index is 0.0495. The van der Waals surface area contributed by atoms with Crippen LogP contribution in [0.15, 0.2) is 12.4 Å². The lowest BCUT2D eigenvalue weighted by molar-refractivity contribution is -0.116. The van der Waals surface area contributed by atoms with Crippen LogP contribution in [-0.4, -0.2) is 29.0 Å². The predicted molar refractivity (Wildman–Crippen MR) is 62.0 cm³/mol. The Labute approximate surface area is 95.0 Å². The molecule has 5 heteroatoms. The van der Waals surface area contributed by atoms with Gasteiger partial charge in [0.25, 0.3) is 0 Å². The number of aromatic amines is 1. The molecule has 2 rings (SSSR count). The van der Waals surface area contributed by atoms with Gasteiger partial charge in [-0.25, -0.2) is 4.98 Å². The summed E-state index contributed by atoms with van der Waals surface area (Å²) in [5.74, 6) is 1.28. The highest BCUT2D eigenvalue weighted by atomic mass is 16.1. The molecule has 0 aromatic carbocycles. The van der Waals surface area contributed by atoms with Crippen molar-refractivity contribution in [2.45, 2.75) is 25.7 Å². The Morgan fingerprint density at radius 2 is 2.31 bits per heavy atom. The molecule has 0 bridgehead atoms. The molecule has 0 radical (unpaired) electrons. The maximum Gasteiger partial charge on any atom is 0.226 e. The van der Waals surface area contributed by atoms with Gasteiger partial charge in [-0.2, -0.15) is 0 Å². The standard InChI is InChI=1S/C11H18N4O/c16-10(15-11-13-7-8-14-11)2-1-9-3-5-12-6-4-9/h7-9,12H,1-6H2,(H2,13,14,15,16). The summed E-state index contributed by atoms with van der Waals surface area (Å²) in [6.45, 7) is 2.18. The summed E-state index contributed by atoms with van der Waals surface area (Å²) in [4.78, 5) is 18.4. The number of nitrogens with one attached hydrogen (secondary N) is 3. The second-order valence-corrected chi connectivity index (χ2v) is 4.22. The van der Waals surface area contributed by atoms with Gasteiger partial charge in [-0.05, 0) is 38.3 Å². The Morgan fingerprint density at radius 1 is 1.50 bits per heavy atom. The average molecular weight is 222 g/mol. The average Bonchev–Trinajstić information content (AvgIpc) is 2.81. The number of H-pyrrole nitrogens is 1. The van der Waals surface area contributed by atoms with Crippen molar-refractivity contribution in [3.05, 3.63) is 12.4 Å². The second kappa shape index (κ2) is 5.65. The van der Waals surface area contributed by atoms with Crippen LogP contribution in [0.4, 0.5) is 5.95 Å². The highest BCUT2D eigenvalue weighted by molar-refractivity contribution is 5.88. The lowest BCUT2D eigenvalue weighted by atomic mass is 9.93. The lowest BCUT2D eigenvalue weighted by Crippen LogP contribution is -2.28. The van der Waals surface area contributed by atoms with Crippen molar-refractivity contribution in [3.8, 4) is 0 Å². The molecule has 1 aromatic rings. The van der Waals surface area contributed by atoms with Gasteiger partial charge < -0.3 is 10.3 Å². The normalized spacial score (nSPS) is 17.2. The fourth-order valence-corrected chi connectivity index (χ4v) is 2.03. The molecule has 1 aromatic heterocycles. The van der Waals surface area contributed by atoms with Crippen molar-refractivity contribution in [2.75, 3.05) is 18.4 Å². The molecule has 0 aliphatic carbocycles. The summed E-state index contributed by atoms with van der Waals surface area (Å²) in [5.41, 5.74) is 0. The van der Waals surface area contributed by atoms with Crippen molar-refractivity contribution < 1.29 is 4.79 Å². The Balaban J connectivity index is 1.67. The van der Waals surface area contributed by atoms with Crippen LogP contribution in [0.3, 0.4) is 0 Å². The number of anilines is 1. The van der Waals surface area contributed by atoms with E-state index in [0.717, 1.165) is 19.5 Å². The number of amides is 1. The molecule has 16 heavy (non-hydrogen) atoms. The van der Waals surface area contributed by atoms with Gasteiger partial charge in [0, 0.05) is 18.8 Å². The van der Waals surface area contributed by atoms with Crippen LogP contribution in [-0.2, 0) is 4.79 Å². The molecule has 0 unspecified atom stereocenters. The maximum absolute atomic E-state index is 11.6. The number of carbonyl (C=O) groups is 1. The van der Waals surface area contributed by atoms with Crippen LogP contribution < -0.4 is 10.6 Å². The fourth-order valence-electron chi connectivity index (χ4n) is 2.03. The van der Waals surface area contributed by atoms with Crippen LogP contribution in [0.1, 0.15) is 25.7 Å².